The second-order valence-corrected chi connectivity index (χ2v) is 4.37. The summed E-state index contributed by atoms with van der Waals surface area (Å²) in [5.41, 5.74) is 0.982. The van der Waals surface area contributed by atoms with Crippen LogP contribution in [0.3, 0.4) is 0 Å². The fraction of sp³-hybridized carbons (Fsp3) is 0.500. The molecule has 0 saturated heterocycles. The number of carbonyl (C=O) groups is 1. The molecule has 4 heteroatoms. The lowest BCUT2D eigenvalue weighted by Crippen LogP contribution is -2.30. The molecule has 1 aromatic rings. The average molecular weight is 251 g/mol. The van der Waals surface area contributed by atoms with Crippen molar-refractivity contribution in [2.24, 2.45) is 0 Å². The number of hydrogen-bond donors (Lipinski definition) is 1. The van der Waals surface area contributed by atoms with E-state index >= 15 is 0 Å². The first-order valence-corrected chi connectivity index (χ1v) is 6.07. The monoisotopic (exact) mass is 251 g/mol. The van der Waals surface area contributed by atoms with Gasteiger partial charge < -0.3 is 14.8 Å². The van der Waals surface area contributed by atoms with E-state index < -0.39 is 0 Å². The number of benzene rings is 1. The smallest absolute Gasteiger partial charge is 0.220 e. The van der Waals surface area contributed by atoms with Gasteiger partial charge in [-0.3, -0.25) is 4.79 Å². The fourth-order valence-corrected chi connectivity index (χ4v) is 1.79. The number of rotatable bonds is 6. The number of nitrogens with one attached hydrogen (secondary N) is 1. The van der Waals surface area contributed by atoms with Crippen LogP contribution in [0.5, 0.6) is 11.5 Å². The molecular weight excluding hydrogens is 230 g/mol. The van der Waals surface area contributed by atoms with Crippen LogP contribution < -0.4 is 14.8 Å². The van der Waals surface area contributed by atoms with Gasteiger partial charge in [-0.25, -0.2) is 0 Å². The van der Waals surface area contributed by atoms with E-state index in [2.05, 4.69) is 5.32 Å². The van der Waals surface area contributed by atoms with Gasteiger partial charge in [0.15, 0.2) is 11.5 Å². The van der Waals surface area contributed by atoms with Crippen LogP contribution in [0.2, 0.25) is 0 Å². The highest BCUT2D eigenvalue weighted by molar-refractivity contribution is 5.76. The minimum atomic E-state index is 0.0508. The van der Waals surface area contributed by atoms with Gasteiger partial charge in [-0.15, -0.1) is 0 Å². The lowest BCUT2D eigenvalue weighted by Gasteiger charge is -2.13. The predicted octanol–water partition coefficient (Wildman–Crippen LogP) is 2.16. The van der Waals surface area contributed by atoms with Crippen molar-refractivity contribution in [1.82, 2.24) is 5.32 Å². The van der Waals surface area contributed by atoms with Gasteiger partial charge in [0.2, 0.25) is 5.91 Å². The molecule has 0 atom stereocenters. The summed E-state index contributed by atoms with van der Waals surface area (Å²) in [6.07, 6.45) is 1.08. The van der Waals surface area contributed by atoms with E-state index in [1.165, 1.54) is 0 Å². The second kappa shape index (κ2) is 6.89. The lowest BCUT2D eigenvalue weighted by atomic mass is 10.1. The zero-order valence-electron chi connectivity index (χ0n) is 11.4. The maximum atomic E-state index is 11.6. The highest BCUT2D eigenvalue weighted by atomic mass is 16.5. The molecule has 0 aliphatic carbocycles. The van der Waals surface area contributed by atoms with Crippen LogP contribution in [0.25, 0.3) is 0 Å². The van der Waals surface area contributed by atoms with Crippen LogP contribution in [0.4, 0.5) is 0 Å². The SMILES string of the molecule is COc1cccc(CCC(=O)NC(C)C)c1OC. The van der Waals surface area contributed by atoms with Crippen LogP contribution >= 0.6 is 0 Å². The number of aryl methyl sites for hydroxylation is 1. The third-order valence-electron chi connectivity index (χ3n) is 2.56. The summed E-state index contributed by atoms with van der Waals surface area (Å²) in [7, 11) is 3.21. The highest BCUT2D eigenvalue weighted by Crippen LogP contribution is 2.31. The van der Waals surface area contributed by atoms with Gasteiger partial charge in [-0.2, -0.15) is 0 Å². The molecule has 0 fully saturated rings. The van der Waals surface area contributed by atoms with E-state index in [0.29, 0.717) is 24.3 Å². The Morgan fingerprint density at radius 3 is 2.56 bits per heavy atom. The van der Waals surface area contributed by atoms with Crippen molar-refractivity contribution in [1.29, 1.82) is 0 Å². The summed E-state index contributed by atoms with van der Waals surface area (Å²) >= 11 is 0. The zero-order valence-corrected chi connectivity index (χ0v) is 11.4. The van der Waals surface area contributed by atoms with Crippen molar-refractivity contribution in [3.05, 3.63) is 23.8 Å². The fourth-order valence-electron chi connectivity index (χ4n) is 1.79. The topological polar surface area (TPSA) is 47.6 Å². The first kappa shape index (κ1) is 14.4. The summed E-state index contributed by atoms with van der Waals surface area (Å²) in [4.78, 5) is 11.6. The van der Waals surface area contributed by atoms with Crippen molar-refractivity contribution < 1.29 is 14.3 Å². The Kier molecular flexibility index (Phi) is 5.49. The van der Waals surface area contributed by atoms with Gasteiger partial charge in [0.25, 0.3) is 0 Å². The lowest BCUT2D eigenvalue weighted by molar-refractivity contribution is -0.121. The average Bonchev–Trinajstić information content (AvgIpc) is 2.34. The number of hydrogen-bond acceptors (Lipinski definition) is 3. The largest absolute Gasteiger partial charge is 0.493 e. The molecule has 100 valence electrons. The van der Waals surface area contributed by atoms with Gasteiger partial charge in [0.05, 0.1) is 14.2 Å². The summed E-state index contributed by atoms with van der Waals surface area (Å²) in [6.45, 7) is 3.90. The van der Waals surface area contributed by atoms with Crippen LogP contribution in [0, 0.1) is 0 Å². The molecule has 1 amide bonds. The van der Waals surface area contributed by atoms with Crippen molar-refractivity contribution >= 4 is 5.91 Å². The van der Waals surface area contributed by atoms with Crippen LogP contribution in [0.15, 0.2) is 18.2 Å². The number of ether oxygens (including phenoxy) is 2. The molecule has 0 heterocycles. The molecule has 18 heavy (non-hydrogen) atoms. The van der Waals surface area contributed by atoms with E-state index in [1.807, 2.05) is 32.0 Å². The molecule has 0 bridgehead atoms. The number of methoxy groups -OCH3 is 2. The Morgan fingerprint density at radius 1 is 1.28 bits per heavy atom. The first-order chi connectivity index (χ1) is 8.58. The quantitative estimate of drug-likeness (QED) is 0.842. The molecule has 1 aromatic carbocycles. The normalized spacial score (nSPS) is 10.3. The third-order valence-corrected chi connectivity index (χ3v) is 2.56. The van der Waals surface area contributed by atoms with Gasteiger partial charge in [-0.05, 0) is 31.9 Å². The van der Waals surface area contributed by atoms with Crippen LogP contribution in [-0.4, -0.2) is 26.2 Å². The van der Waals surface area contributed by atoms with Crippen LogP contribution in [-0.2, 0) is 11.2 Å². The van der Waals surface area contributed by atoms with E-state index in [9.17, 15) is 4.79 Å². The molecule has 4 nitrogen and oxygen atoms in total. The molecule has 0 aromatic heterocycles. The predicted molar refractivity (Wildman–Crippen MR) is 71.1 cm³/mol. The molecule has 0 saturated carbocycles. The Bertz CT molecular complexity index is 402. The standard InChI is InChI=1S/C14H21NO3/c1-10(2)15-13(16)9-8-11-6-5-7-12(17-3)14(11)18-4/h5-7,10H,8-9H2,1-4H3,(H,15,16). The Balaban J connectivity index is 2.70. The third kappa shape index (κ3) is 3.95. The minimum absolute atomic E-state index is 0.0508. The second-order valence-electron chi connectivity index (χ2n) is 4.37. The summed E-state index contributed by atoms with van der Waals surface area (Å²) < 4.78 is 10.5. The molecule has 0 aliphatic heterocycles. The van der Waals surface area contributed by atoms with Crippen molar-refractivity contribution in [2.45, 2.75) is 32.7 Å². The van der Waals surface area contributed by atoms with Crippen molar-refractivity contribution in [2.75, 3.05) is 14.2 Å². The molecule has 0 aliphatic rings. The highest BCUT2D eigenvalue weighted by Gasteiger charge is 2.11. The van der Waals surface area contributed by atoms with E-state index in [1.54, 1.807) is 14.2 Å². The number of amides is 1. The first-order valence-electron chi connectivity index (χ1n) is 6.07. The molecular formula is C14H21NO3. The van der Waals surface area contributed by atoms with Gasteiger partial charge in [0, 0.05) is 12.5 Å². The molecule has 1 rings (SSSR count). The minimum Gasteiger partial charge on any atom is -0.493 e. The van der Waals surface area contributed by atoms with Gasteiger partial charge in [-0.1, -0.05) is 12.1 Å². The summed E-state index contributed by atoms with van der Waals surface area (Å²) in [5, 5.41) is 2.87. The van der Waals surface area contributed by atoms with Crippen molar-refractivity contribution in [3.63, 3.8) is 0 Å². The Hall–Kier alpha value is -1.71. The van der Waals surface area contributed by atoms with Gasteiger partial charge >= 0.3 is 0 Å². The summed E-state index contributed by atoms with van der Waals surface area (Å²) in [6, 6.07) is 5.86. The van der Waals surface area contributed by atoms with E-state index in [4.69, 9.17) is 9.47 Å². The van der Waals surface area contributed by atoms with E-state index in [-0.39, 0.29) is 11.9 Å². The van der Waals surface area contributed by atoms with E-state index in [0.717, 1.165) is 5.56 Å². The Morgan fingerprint density at radius 2 is 2.00 bits per heavy atom. The number of para-hydroxylation sites is 1. The summed E-state index contributed by atoms with van der Waals surface area (Å²) in [5.74, 6) is 1.45. The zero-order chi connectivity index (χ0) is 13.5. The molecule has 1 N–H and O–H groups in total. The van der Waals surface area contributed by atoms with Crippen LogP contribution in [0.1, 0.15) is 25.8 Å². The van der Waals surface area contributed by atoms with Gasteiger partial charge in [0.1, 0.15) is 0 Å². The Labute approximate surface area is 108 Å². The molecule has 0 radical (unpaired) electrons. The maximum Gasteiger partial charge on any atom is 0.220 e. The number of carbonyl (C=O) groups excluding carboxylic acids is 1. The molecule has 0 spiro atoms. The molecule has 0 unspecified atom stereocenters. The van der Waals surface area contributed by atoms with Crippen molar-refractivity contribution in [3.8, 4) is 11.5 Å². The maximum absolute atomic E-state index is 11.6.